The maximum Gasteiger partial charge on any atom is 0.247 e. The molecule has 1 atom stereocenters. The van der Waals surface area contributed by atoms with Crippen LogP contribution in [0.2, 0.25) is 0 Å². The summed E-state index contributed by atoms with van der Waals surface area (Å²) < 4.78 is 30.9. The fourth-order valence-electron chi connectivity index (χ4n) is 2.46. The summed E-state index contributed by atoms with van der Waals surface area (Å²) in [5.41, 5.74) is 0.986. The molecule has 0 bridgehead atoms. The molecule has 2 aromatic rings. The van der Waals surface area contributed by atoms with E-state index in [1.807, 2.05) is 6.92 Å². The van der Waals surface area contributed by atoms with Gasteiger partial charge in [0.05, 0.1) is 18.6 Å². The van der Waals surface area contributed by atoms with Crippen LogP contribution in [0.15, 0.2) is 54.6 Å². The molecule has 25 heavy (non-hydrogen) atoms. The van der Waals surface area contributed by atoms with E-state index in [1.54, 1.807) is 61.5 Å². The molecule has 0 radical (unpaired) electrons. The highest BCUT2D eigenvalue weighted by molar-refractivity contribution is 7.92. The van der Waals surface area contributed by atoms with Gasteiger partial charge in [0.25, 0.3) is 0 Å². The molecule has 1 amide bonds. The van der Waals surface area contributed by atoms with Crippen molar-refractivity contribution < 1.29 is 17.9 Å². The van der Waals surface area contributed by atoms with E-state index in [0.29, 0.717) is 23.7 Å². The Morgan fingerprint density at radius 3 is 2.44 bits per heavy atom. The van der Waals surface area contributed by atoms with Crippen LogP contribution in [0.25, 0.3) is 0 Å². The molecule has 6 nitrogen and oxygen atoms in total. The van der Waals surface area contributed by atoms with Crippen LogP contribution in [0.1, 0.15) is 13.8 Å². The molecule has 7 heteroatoms. The number of benzene rings is 2. The number of para-hydroxylation sites is 1. The number of nitrogens with one attached hydrogen (secondary N) is 1. The maximum atomic E-state index is 12.6. The minimum absolute atomic E-state index is 0.428. The molecular formula is C18H22N2O4S. The number of nitrogens with zero attached hydrogens (tertiary/aromatic N) is 1. The lowest BCUT2D eigenvalue weighted by Gasteiger charge is -2.28. The Balaban J connectivity index is 2.23. The number of amides is 1. The van der Waals surface area contributed by atoms with Crippen LogP contribution in [-0.2, 0) is 14.8 Å². The molecule has 0 aliphatic rings. The van der Waals surface area contributed by atoms with Gasteiger partial charge in [0.2, 0.25) is 15.9 Å². The molecule has 0 fully saturated rings. The van der Waals surface area contributed by atoms with Crippen molar-refractivity contribution in [2.24, 2.45) is 0 Å². The van der Waals surface area contributed by atoms with Crippen molar-refractivity contribution in [1.82, 2.24) is 0 Å². The molecule has 1 N–H and O–H groups in total. The van der Waals surface area contributed by atoms with Gasteiger partial charge in [-0.15, -0.1) is 0 Å². The van der Waals surface area contributed by atoms with Crippen molar-refractivity contribution in [2.45, 2.75) is 19.9 Å². The van der Waals surface area contributed by atoms with Crippen LogP contribution < -0.4 is 14.4 Å². The normalized spacial score (nSPS) is 12.3. The first-order valence-corrected chi connectivity index (χ1v) is 9.76. The largest absolute Gasteiger partial charge is 0.494 e. The molecule has 0 spiro atoms. The predicted octanol–water partition coefficient (Wildman–Crippen LogP) is 2.88. The molecule has 0 aliphatic heterocycles. The first-order valence-electron chi connectivity index (χ1n) is 7.91. The number of anilines is 2. The third-order valence-electron chi connectivity index (χ3n) is 3.51. The van der Waals surface area contributed by atoms with Gasteiger partial charge in [-0.2, -0.15) is 0 Å². The summed E-state index contributed by atoms with van der Waals surface area (Å²) in [4.78, 5) is 12.6. The highest BCUT2D eigenvalue weighted by atomic mass is 32.2. The van der Waals surface area contributed by atoms with E-state index in [0.717, 1.165) is 10.6 Å². The summed E-state index contributed by atoms with van der Waals surface area (Å²) in [5, 5.41) is 2.74. The quantitative estimate of drug-likeness (QED) is 0.822. The number of hydrogen-bond acceptors (Lipinski definition) is 4. The van der Waals surface area contributed by atoms with Gasteiger partial charge in [0.15, 0.2) is 0 Å². The average molecular weight is 362 g/mol. The second kappa shape index (κ2) is 8.02. The van der Waals surface area contributed by atoms with Gasteiger partial charge in [-0.3, -0.25) is 9.10 Å². The fraction of sp³-hybridized carbons (Fsp3) is 0.278. The second-order valence-electron chi connectivity index (χ2n) is 5.52. The lowest BCUT2D eigenvalue weighted by molar-refractivity contribution is -0.116. The summed E-state index contributed by atoms with van der Waals surface area (Å²) in [6.07, 6.45) is 1.08. The highest BCUT2D eigenvalue weighted by Crippen LogP contribution is 2.22. The second-order valence-corrected chi connectivity index (χ2v) is 7.38. The number of ether oxygens (including phenoxy) is 1. The zero-order valence-corrected chi connectivity index (χ0v) is 15.3. The fourth-order valence-corrected chi connectivity index (χ4v) is 3.64. The molecular weight excluding hydrogens is 340 g/mol. The third kappa shape index (κ3) is 4.96. The SMILES string of the molecule is CCOc1cccc(NC(=O)[C@@H](C)N(c2ccccc2)S(C)(=O)=O)c1. The first-order chi connectivity index (χ1) is 11.8. The Labute approximate surface area is 148 Å². The third-order valence-corrected chi connectivity index (χ3v) is 4.75. The molecule has 2 rings (SSSR count). The van der Waals surface area contributed by atoms with E-state index >= 15 is 0 Å². The summed E-state index contributed by atoms with van der Waals surface area (Å²) in [5.74, 6) is 0.207. The van der Waals surface area contributed by atoms with Crippen LogP contribution in [0, 0.1) is 0 Å². The number of sulfonamides is 1. The van der Waals surface area contributed by atoms with Gasteiger partial charge in [0.1, 0.15) is 11.8 Å². The first kappa shape index (κ1) is 18.8. The van der Waals surface area contributed by atoms with E-state index in [1.165, 1.54) is 0 Å². The van der Waals surface area contributed by atoms with E-state index in [4.69, 9.17) is 4.74 Å². The Morgan fingerprint density at radius 2 is 1.84 bits per heavy atom. The lowest BCUT2D eigenvalue weighted by atomic mass is 10.2. The highest BCUT2D eigenvalue weighted by Gasteiger charge is 2.29. The number of hydrogen-bond donors (Lipinski definition) is 1. The predicted molar refractivity (Wildman–Crippen MR) is 99.5 cm³/mol. The Hall–Kier alpha value is -2.54. The summed E-state index contributed by atoms with van der Waals surface area (Å²) >= 11 is 0. The number of carbonyl (C=O) groups is 1. The Morgan fingerprint density at radius 1 is 1.16 bits per heavy atom. The van der Waals surface area contributed by atoms with Gasteiger partial charge in [-0.25, -0.2) is 8.42 Å². The summed E-state index contributed by atoms with van der Waals surface area (Å²) in [6, 6.07) is 14.6. The van der Waals surface area contributed by atoms with Gasteiger partial charge in [0, 0.05) is 11.8 Å². The van der Waals surface area contributed by atoms with Crippen LogP contribution in [0.3, 0.4) is 0 Å². The van der Waals surface area contributed by atoms with E-state index < -0.39 is 22.0 Å². The van der Waals surface area contributed by atoms with Crippen LogP contribution in [0.4, 0.5) is 11.4 Å². The smallest absolute Gasteiger partial charge is 0.247 e. The minimum atomic E-state index is -3.62. The van der Waals surface area contributed by atoms with Gasteiger partial charge >= 0.3 is 0 Å². The maximum absolute atomic E-state index is 12.6. The van der Waals surface area contributed by atoms with E-state index in [-0.39, 0.29) is 0 Å². The van der Waals surface area contributed by atoms with E-state index in [2.05, 4.69) is 5.32 Å². The van der Waals surface area contributed by atoms with Gasteiger partial charge in [-0.1, -0.05) is 24.3 Å². The van der Waals surface area contributed by atoms with Crippen molar-refractivity contribution in [2.75, 3.05) is 22.5 Å². The standard InChI is InChI=1S/C18H22N2O4S/c1-4-24-17-12-8-9-15(13-17)19-18(21)14(2)20(25(3,22)23)16-10-6-5-7-11-16/h5-14H,4H2,1-3H3,(H,19,21)/t14-/m1/s1. The van der Waals surface area contributed by atoms with Gasteiger partial charge < -0.3 is 10.1 Å². The van der Waals surface area contributed by atoms with Crippen molar-refractivity contribution in [3.63, 3.8) is 0 Å². The van der Waals surface area contributed by atoms with E-state index in [9.17, 15) is 13.2 Å². The van der Waals surface area contributed by atoms with Crippen LogP contribution in [0.5, 0.6) is 5.75 Å². The summed E-state index contributed by atoms with van der Waals surface area (Å²) in [6.45, 7) is 3.94. The lowest BCUT2D eigenvalue weighted by Crippen LogP contribution is -2.45. The molecule has 0 saturated heterocycles. The Bertz CT molecular complexity index is 822. The van der Waals surface area contributed by atoms with Crippen molar-refractivity contribution in [3.8, 4) is 5.75 Å². The number of carbonyl (C=O) groups excluding carboxylic acids is 1. The average Bonchev–Trinajstić information content (AvgIpc) is 2.55. The van der Waals surface area contributed by atoms with Gasteiger partial charge in [-0.05, 0) is 38.1 Å². The zero-order valence-electron chi connectivity index (χ0n) is 14.5. The molecule has 0 unspecified atom stereocenters. The van der Waals surface area contributed by atoms with Crippen molar-refractivity contribution >= 4 is 27.3 Å². The number of rotatable bonds is 7. The monoisotopic (exact) mass is 362 g/mol. The van der Waals surface area contributed by atoms with Crippen molar-refractivity contribution in [1.29, 1.82) is 0 Å². The zero-order chi connectivity index (χ0) is 18.4. The molecule has 0 aromatic heterocycles. The molecule has 2 aromatic carbocycles. The molecule has 0 heterocycles. The minimum Gasteiger partial charge on any atom is -0.494 e. The van der Waals surface area contributed by atoms with Crippen LogP contribution in [-0.4, -0.2) is 33.2 Å². The summed E-state index contributed by atoms with van der Waals surface area (Å²) in [7, 11) is -3.62. The molecule has 134 valence electrons. The molecule has 0 aliphatic carbocycles. The molecule has 0 saturated carbocycles. The van der Waals surface area contributed by atoms with Crippen molar-refractivity contribution in [3.05, 3.63) is 54.6 Å². The topological polar surface area (TPSA) is 75.7 Å². The van der Waals surface area contributed by atoms with Crippen LogP contribution >= 0.6 is 0 Å². The Kier molecular flexibility index (Phi) is 6.03.